The van der Waals surface area contributed by atoms with Crippen LogP contribution in [0.5, 0.6) is 0 Å². The highest BCUT2D eigenvalue weighted by molar-refractivity contribution is 5.56. The molecule has 2 aliphatic carbocycles. The van der Waals surface area contributed by atoms with E-state index in [0.717, 1.165) is 18.0 Å². The maximum absolute atomic E-state index is 13.5. The highest BCUT2D eigenvalue weighted by atomic mass is 19.1. The van der Waals surface area contributed by atoms with Crippen molar-refractivity contribution < 1.29 is 4.39 Å². The molecule has 0 amide bonds. The lowest BCUT2D eigenvalue weighted by atomic mass is 10.1. The second-order valence-corrected chi connectivity index (χ2v) is 6.41. The van der Waals surface area contributed by atoms with Crippen LogP contribution in [-0.2, 0) is 6.54 Å². The van der Waals surface area contributed by atoms with Crippen molar-refractivity contribution in [3.8, 4) is 0 Å². The molecule has 0 spiro atoms. The molecule has 4 rings (SSSR count). The zero-order valence-corrected chi connectivity index (χ0v) is 11.2. The first-order valence-corrected chi connectivity index (χ1v) is 7.58. The Balaban J connectivity index is 1.58. The summed E-state index contributed by atoms with van der Waals surface area (Å²) in [5, 5.41) is 3.51. The van der Waals surface area contributed by atoms with Crippen LogP contribution in [0.1, 0.15) is 37.7 Å². The highest BCUT2D eigenvalue weighted by Crippen LogP contribution is 2.41. The Kier molecular flexibility index (Phi) is 2.76. The van der Waals surface area contributed by atoms with Crippen molar-refractivity contribution >= 4 is 5.69 Å². The number of nitrogens with zero attached hydrogens (tertiary/aromatic N) is 1. The van der Waals surface area contributed by atoms with Crippen molar-refractivity contribution in [1.82, 2.24) is 5.32 Å². The molecule has 3 aliphatic rings. The molecular formula is C16H21FN2. The van der Waals surface area contributed by atoms with Crippen LogP contribution in [0, 0.1) is 11.7 Å². The molecule has 1 heterocycles. The first-order chi connectivity index (χ1) is 9.29. The third-order valence-corrected chi connectivity index (χ3v) is 4.92. The maximum atomic E-state index is 13.5. The summed E-state index contributed by atoms with van der Waals surface area (Å²) in [4.78, 5) is 2.53. The Hall–Kier alpha value is -1.09. The Morgan fingerprint density at radius 1 is 1.21 bits per heavy atom. The van der Waals surface area contributed by atoms with Gasteiger partial charge in [-0.3, -0.25) is 0 Å². The van der Waals surface area contributed by atoms with Crippen molar-refractivity contribution in [1.29, 1.82) is 0 Å². The van der Waals surface area contributed by atoms with Gasteiger partial charge in [0.15, 0.2) is 0 Å². The van der Waals surface area contributed by atoms with Gasteiger partial charge in [-0.15, -0.1) is 0 Å². The number of hydrogen-bond acceptors (Lipinski definition) is 2. The Morgan fingerprint density at radius 2 is 2.11 bits per heavy atom. The topological polar surface area (TPSA) is 15.3 Å². The molecule has 2 saturated carbocycles. The normalized spacial score (nSPS) is 29.2. The van der Waals surface area contributed by atoms with Gasteiger partial charge in [-0.05, 0) is 61.8 Å². The third-order valence-electron chi connectivity index (χ3n) is 4.92. The molecular weight excluding hydrogens is 239 g/mol. The SMILES string of the molecule is Fc1ccc(N2CC3CCC2C3)c(CNC2CC2)c1. The van der Waals surface area contributed by atoms with Gasteiger partial charge in [-0.2, -0.15) is 0 Å². The Labute approximate surface area is 114 Å². The molecule has 1 N–H and O–H groups in total. The summed E-state index contributed by atoms with van der Waals surface area (Å²) in [6.45, 7) is 1.98. The van der Waals surface area contributed by atoms with Crippen LogP contribution in [0.15, 0.2) is 18.2 Å². The summed E-state index contributed by atoms with van der Waals surface area (Å²) in [6, 6.07) is 6.69. The van der Waals surface area contributed by atoms with Gasteiger partial charge in [-0.25, -0.2) is 4.39 Å². The van der Waals surface area contributed by atoms with Crippen LogP contribution < -0.4 is 10.2 Å². The molecule has 2 unspecified atom stereocenters. The van der Waals surface area contributed by atoms with Gasteiger partial charge in [0.2, 0.25) is 0 Å². The zero-order valence-electron chi connectivity index (χ0n) is 11.2. The molecule has 3 fully saturated rings. The Morgan fingerprint density at radius 3 is 2.79 bits per heavy atom. The quantitative estimate of drug-likeness (QED) is 0.895. The lowest BCUT2D eigenvalue weighted by Crippen LogP contribution is -2.33. The van der Waals surface area contributed by atoms with Crippen LogP contribution in [0.25, 0.3) is 0 Å². The van der Waals surface area contributed by atoms with Gasteiger partial charge in [0.05, 0.1) is 0 Å². The number of rotatable bonds is 4. The van der Waals surface area contributed by atoms with Gasteiger partial charge < -0.3 is 10.2 Å². The van der Waals surface area contributed by atoms with Gasteiger partial charge in [0.25, 0.3) is 0 Å². The molecule has 0 aromatic heterocycles. The van der Waals surface area contributed by atoms with E-state index < -0.39 is 0 Å². The summed E-state index contributed by atoms with van der Waals surface area (Å²) >= 11 is 0. The van der Waals surface area contributed by atoms with E-state index in [1.807, 2.05) is 6.07 Å². The fourth-order valence-corrected chi connectivity index (χ4v) is 3.74. The van der Waals surface area contributed by atoms with Crippen LogP contribution in [0.4, 0.5) is 10.1 Å². The molecule has 2 bridgehead atoms. The second kappa shape index (κ2) is 4.48. The van der Waals surface area contributed by atoms with E-state index >= 15 is 0 Å². The van der Waals surface area contributed by atoms with Crippen LogP contribution >= 0.6 is 0 Å². The van der Waals surface area contributed by atoms with E-state index in [2.05, 4.69) is 10.2 Å². The van der Waals surface area contributed by atoms with Crippen molar-refractivity contribution in [3.05, 3.63) is 29.6 Å². The van der Waals surface area contributed by atoms with E-state index in [4.69, 9.17) is 0 Å². The third kappa shape index (κ3) is 2.25. The minimum Gasteiger partial charge on any atom is -0.368 e. The molecule has 1 aromatic carbocycles. The second-order valence-electron chi connectivity index (χ2n) is 6.41. The number of anilines is 1. The first-order valence-electron chi connectivity index (χ1n) is 7.58. The number of nitrogens with one attached hydrogen (secondary N) is 1. The largest absolute Gasteiger partial charge is 0.368 e. The van der Waals surface area contributed by atoms with Crippen molar-refractivity contribution in [2.75, 3.05) is 11.4 Å². The van der Waals surface area contributed by atoms with Crippen molar-refractivity contribution in [3.63, 3.8) is 0 Å². The fraction of sp³-hybridized carbons (Fsp3) is 0.625. The smallest absolute Gasteiger partial charge is 0.123 e. The highest BCUT2D eigenvalue weighted by Gasteiger charge is 2.38. The van der Waals surface area contributed by atoms with E-state index in [-0.39, 0.29) is 5.82 Å². The van der Waals surface area contributed by atoms with E-state index in [1.54, 1.807) is 12.1 Å². The number of benzene rings is 1. The molecule has 1 saturated heterocycles. The predicted molar refractivity (Wildman–Crippen MR) is 74.7 cm³/mol. The van der Waals surface area contributed by atoms with Crippen LogP contribution in [-0.4, -0.2) is 18.6 Å². The molecule has 102 valence electrons. The number of halogens is 1. The summed E-state index contributed by atoms with van der Waals surface area (Å²) in [6.07, 6.45) is 6.60. The summed E-state index contributed by atoms with van der Waals surface area (Å²) in [7, 11) is 0. The molecule has 1 aliphatic heterocycles. The van der Waals surface area contributed by atoms with Crippen molar-refractivity contribution in [2.45, 2.75) is 50.7 Å². The summed E-state index contributed by atoms with van der Waals surface area (Å²) in [5.41, 5.74) is 2.40. The first kappa shape index (κ1) is 11.7. The minimum absolute atomic E-state index is 0.110. The standard InChI is InChI=1S/C16H21FN2/c17-13-2-6-16(12(8-13)9-18-14-3-4-14)19-10-11-1-5-15(19)7-11/h2,6,8,11,14-15,18H,1,3-5,7,9-10H2. The molecule has 19 heavy (non-hydrogen) atoms. The monoisotopic (exact) mass is 260 g/mol. The predicted octanol–water partition coefficient (Wildman–Crippen LogP) is 3.07. The van der Waals surface area contributed by atoms with E-state index in [1.165, 1.54) is 44.3 Å². The number of piperidine rings is 1. The summed E-state index contributed by atoms with van der Waals surface area (Å²) in [5.74, 6) is 0.764. The zero-order chi connectivity index (χ0) is 12.8. The average molecular weight is 260 g/mol. The van der Waals surface area contributed by atoms with E-state index in [9.17, 15) is 4.39 Å². The summed E-state index contributed by atoms with van der Waals surface area (Å²) < 4.78 is 13.5. The minimum atomic E-state index is -0.110. The molecule has 1 aromatic rings. The number of fused-ring (bicyclic) bond motifs is 2. The lowest BCUT2D eigenvalue weighted by molar-refractivity contribution is 0.550. The van der Waals surface area contributed by atoms with Gasteiger partial charge >= 0.3 is 0 Å². The lowest BCUT2D eigenvalue weighted by Gasteiger charge is -2.31. The van der Waals surface area contributed by atoms with E-state index in [0.29, 0.717) is 12.1 Å². The van der Waals surface area contributed by atoms with Crippen molar-refractivity contribution in [2.24, 2.45) is 5.92 Å². The van der Waals surface area contributed by atoms with Gasteiger partial charge in [0, 0.05) is 30.9 Å². The van der Waals surface area contributed by atoms with Crippen LogP contribution in [0.3, 0.4) is 0 Å². The Bertz CT molecular complexity index is 484. The van der Waals surface area contributed by atoms with Gasteiger partial charge in [-0.1, -0.05) is 0 Å². The molecule has 2 nitrogen and oxygen atoms in total. The average Bonchev–Trinajstić information content (AvgIpc) is 3.01. The molecule has 0 radical (unpaired) electrons. The molecule has 3 heteroatoms. The van der Waals surface area contributed by atoms with Gasteiger partial charge in [0.1, 0.15) is 5.82 Å². The fourth-order valence-electron chi connectivity index (χ4n) is 3.74. The molecule has 2 atom stereocenters. The number of hydrogen-bond donors (Lipinski definition) is 1. The maximum Gasteiger partial charge on any atom is 0.123 e. The van der Waals surface area contributed by atoms with Crippen LogP contribution in [0.2, 0.25) is 0 Å².